The van der Waals surface area contributed by atoms with Gasteiger partial charge in [0.1, 0.15) is 0 Å². The van der Waals surface area contributed by atoms with E-state index in [1.165, 1.54) is 0 Å². The Hall–Kier alpha value is -1.82. The summed E-state index contributed by atoms with van der Waals surface area (Å²) in [5.74, 6) is 0. The molecule has 0 aromatic heterocycles. The lowest BCUT2D eigenvalue weighted by atomic mass is 10.1. The van der Waals surface area contributed by atoms with Crippen LogP contribution in [0.3, 0.4) is 0 Å². The summed E-state index contributed by atoms with van der Waals surface area (Å²) in [4.78, 5) is 2.09. The maximum atomic E-state index is 8.72. The first-order chi connectivity index (χ1) is 28.0. The molecule has 0 aliphatic heterocycles. The summed E-state index contributed by atoms with van der Waals surface area (Å²) in [5.41, 5.74) is 8.71. The molecule has 0 heterocycles. The van der Waals surface area contributed by atoms with Gasteiger partial charge < -0.3 is 87.2 Å². The average Bonchev–Trinajstić information content (AvgIpc) is 3.21. The van der Waals surface area contributed by atoms with Crippen molar-refractivity contribution in [2.24, 2.45) is 0 Å². The van der Waals surface area contributed by atoms with Gasteiger partial charge >= 0.3 is 0 Å². The number of benzene rings is 1. The first-order valence-electron chi connectivity index (χ1n) is 20.1. The molecule has 0 saturated carbocycles. The van der Waals surface area contributed by atoms with E-state index in [4.69, 9.17) is 82.3 Å². The van der Waals surface area contributed by atoms with Crippen LogP contribution in [0, 0.1) is 6.92 Å². The predicted octanol–water partition coefficient (Wildman–Crippen LogP) is 1.29. The molecular weight excluding hydrogens is 752 g/mol. The molecule has 18 heteroatoms. The molecule has 0 aliphatic carbocycles. The van der Waals surface area contributed by atoms with Gasteiger partial charge in [0, 0.05) is 24.6 Å². The molecule has 57 heavy (non-hydrogen) atoms. The molecule has 0 fully saturated rings. The van der Waals surface area contributed by atoms with Crippen molar-refractivity contribution >= 4 is 11.4 Å². The molecule has 0 amide bonds. The smallest absolute Gasteiger partial charge is 0.175 e. The standard InChI is InChI=1S/C39H74N2O16/c1-4-44-24-28-54-38(56-30-26-52-22-20-50-18-16-48-14-12-46-10-8-42)33-41(36-6-7-37(40)35(3)32-36)34-39(55-29-25-45-5-2)57-31-27-53-23-21-51-19-17-49-15-13-47-11-9-43/h6-7,32,38-39,42-43H,4-5,8-31,33-34,40H2,1-3H3. The molecule has 0 saturated heterocycles. The fourth-order valence-corrected chi connectivity index (χ4v) is 4.70. The molecular formula is C39H74N2O16. The molecule has 1 aromatic rings. The maximum Gasteiger partial charge on any atom is 0.175 e. The summed E-state index contributed by atoms with van der Waals surface area (Å²) in [7, 11) is 0. The van der Waals surface area contributed by atoms with Crippen LogP contribution in [0.1, 0.15) is 19.4 Å². The number of hydrogen-bond acceptors (Lipinski definition) is 18. The number of nitrogens with zero attached hydrogens (tertiary/aromatic N) is 1. The third-order valence-electron chi connectivity index (χ3n) is 7.59. The Balaban J connectivity index is 2.69. The van der Waals surface area contributed by atoms with Gasteiger partial charge in [-0.05, 0) is 44.5 Å². The Morgan fingerprint density at radius 2 is 0.754 bits per heavy atom. The molecule has 18 nitrogen and oxygen atoms in total. The summed E-state index contributed by atoms with van der Waals surface area (Å²) in [5, 5.41) is 17.4. The molecule has 1 aromatic carbocycles. The number of nitrogens with two attached hydrogens (primary N) is 1. The Bertz CT molecular complexity index is 938. The predicted molar refractivity (Wildman–Crippen MR) is 213 cm³/mol. The van der Waals surface area contributed by atoms with Crippen LogP contribution in [0.15, 0.2) is 18.2 Å². The van der Waals surface area contributed by atoms with Crippen molar-refractivity contribution in [1.82, 2.24) is 0 Å². The number of ether oxygens (including phenoxy) is 14. The second kappa shape index (κ2) is 40.9. The zero-order chi connectivity index (χ0) is 41.3. The first kappa shape index (κ1) is 53.2. The quantitative estimate of drug-likeness (QED) is 0.0483. The second-order valence-corrected chi connectivity index (χ2v) is 12.0. The molecule has 336 valence electrons. The minimum absolute atomic E-state index is 0.00128. The zero-order valence-corrected chi connectivity index (χ0v) is 34.8. The summed E-state index contributed by atoms with van der Waals surface area (Å²) in [6.45, 7) is 16.4. The molecule has 0 bridgehead atoms. The fourth-order valence-electron chi connectivity index (χ4n) is 4.70. The van der Waals surface area contributed by atoms with Gasteiger partial charge in [0.15, 0.2) is 12.6 Å². The molecule has 0 aliphatic rings. The number of nitrogen functional groups attached to an aromatic ring is 1. The van der Waals surface area contributed by atoms with Crippen molar-refractivity contribution in [3.8, 4) is 0 Å². The molecule has 1 rings (SSSR count). The monoisotopic (exact) mass is 827 g/mol. The summed E-state index contributed by atoms with van der Waals surface area (Å²) in [6.07, 6.45) is -1.25. The van der Waals surface area contributed by atoms with E-state index in [2.05, 4.69) is 4.90 Å². The highest BCUT2D eigenvalue weighted by molar-refractivity contribution is 5.58. The Morgan fingerprint density at radius 3 is 1.05 bits per heavy atom. The normalized spacial score (nSPS) is 12.7. The fraction of sp³-hybridized carbons (Fsp3) is 0.846. The van der Waals surface area contributed by atoms with Crippen LogP contribution in [0.25, 0.3) is 0 Å². The van der Waals surface area contributed by atoms with Gasteiger partial charge in [-0.2, -0.15) is 0 Å². The van der Waals surface area contributed by atoms with Gasteiger partial charge in [-0.3, -0.25) is 0 Å². The SMILES string of the molecule is CCOCCOC(CN(CC(OCCOCC)OCCOCCOCCOCCOCCO)c1ccc(N)c(C)c1)OCCOCCOCCOCCOCCO. The zero-order valence-electron chi connectivity index (χ0n) is 34.8. The van der Waals surface area contributed by atoms with E-state index in [0.717, 1.165) is 11.3 Å². The van der Waals surface area contributed by atoms with Crippen molar-refractivity contribution in [2.75, 3.05) is 196 Å². The molecule has 2 unspecified atom stereocenters. The number of aliphatic hydroxyl groups is 2. The summed E-state index contributed by atoms with van der Waals surface area (Å²) in [6, 6.07) is 5.85. The highest BCUT2D eigenvalue weighted by atomic mass is 16.7. The van der Waals surface area contributed by atoms with Gasteiger partial charge in [0.05, 0.1) is 172 Å². The Labute approximate surface area is 340 Å². The van der Waals surface area contributed by atoms with E-state index in [-0.39, 0.29) is 13.2 Å². The number of rotatable bonds is 45. The number of anilines is 2. The first-order valence-corrected chi connectivity index (χ1v) is 20.1. The second-order valence-electron chi connectivity index (χ2n) is 12.0. The highest BCUT2D eigenvalue weighted by Gasteiger charge is 2.22. The van der Waals surface area contributed by atoms with Crippen molar-refractivity contribution in [1.29, 1.82) is 0 Å². The van der Waals surface area contributed by atoms with Crippen molar-refractivity contribution < 1.29 is 76.5 Å². The van der Waals surface area contributed by atoms with E-state index in [1.54, 1.807) is 0 Å². The van der Waals surface area contributed by atoms with Crippen molar-refractivity contribution in [3.63, 3.8) is 0 Å². The minimum Gasteiger partial charge on any atom is -0.399 e. The van der Waals surface area contributed by atoms with Crippen molar-refractivity contribution in [2.45, 2.75) is 33.4 Å². The third-order valence-corrected chi connectivity index (χ3v) is 7.59. The van der Waals surface area contributed by atoms with Crippen LogP contribution in [0.5, 0.6) is 0 Å². The van der Waals surface area contributed by atoms with Crippen LogP contribution < -0.4 is 10.6 Å². The average molecular weight is 827 g/mol. The summed E-state index contributed by atoms with van der Waals surface area (Å²) < 4.78 is 79.5. The van der Waals surface area contributed by atoms with Crippen LogP contribution >= 0.6 is 0 Å². The van der Waals surface area contributed by atoms with Gasteiger partial charge in [-0.1, -0.05) is 0 Å². The number of hydrogen-bond donors (Lipinski definition) is 3. The van der Waals surface area contributed by atoms with Gasteiger partial charge in [-0.15, -0.1) is 0 Å². The largest absolute Gasteiger partial charge is 0.399 e. The minimum atomic E-state index is -0.626. The lowest BCUT2D eigenvalue weighted by Crippen LogP contribution is -2.43. The van der Waals surface area contributed by atoms with E-state index >= 15 is 0 Å². The van der Waals surface area contributed by atoms with E-state index in [9.17, 15) is 0 Å². The van der Waals surface area contributed by atoms with Crippen LogP contribution in [0.4, 0.5) is 11.4 Å². The summed E-state index contributed by atoms with van der Waals surface area (Å²) >= 11 is 0. The van der Waals surface area contributed by atoms with Crippen LogP contribution in [0.2, 0.25) is 0 Å². The van der Waals surface area contributed by atoms with Gasteiger partial charge in [-0.25, -0.2) is 0 Å². The highest BCUT2D eigenvalue weighted by Crippen LogP contribution is 2.22. The topological polar surface area (TPSA) is 199 Å². The Kier molecular flexibility index (Phi) is 38.2. The van der Waals surface area contributed by atoms with E-state index in [1.807, 2.05) is 39.0 Å². The number of aryl methyl sites for hydroxylation is 1. The molecule has 4 N–H and O–H groups in total. The van der Waals surface area contributed by atoms with Gasteiger partial charge in [0.25, 0.3) is 0 Å². The van der Waals surface area contributed by atoms with E-state index in [0.29, 0.717) is 177 Å². The molecule has 0 spiro atoms. The maximum absolute atomic E-state index is 8.72. The molecule has 0 radical (unpaired) electrons. The van der Waals surface area contributed by atoms with E-state index < -0.39 is 12.6 Å². The van der Waals surface area contributed by atoms with Crippen LogP contribution in [-0.4, -0.2) is 208 Å². The lowest BCUT2D eigenvalue weighted by Gasteiger charge is -2.33. The molecule has 2 atom stereocenters. The lowest BCUT2D eigenvalue weighted by molar-refractivity contribution is -0.163. The number of aliphatic hydroxyl groups excluding tert-OH is 2. The van der Waals surface area contributed by atoms with Crippen LogP contribution in [-0.2, 0) is 66.3 Å². The Morgan fingerprint density at radius 1 is 0.456 bits per heavy atom. The van der Waals surface area contributed by atoms with Crippen molar-refractivity contribution in [3.05, 3.63) is 23.8 Å². The third kappa shape index (κ3) is 32.7. The van der Waals surface area contributed by atoms with Gasteiger partial charge in [0.2, 0.25) is 0 Å².